The van der Waals surface area contributed by atoms with Gasteiger partial charge >= 0.3 is 6.18 Å². The van der Waals surface area contributed by atoms with Crippen molar-refractivity contribution < 1.29 is 26.4 Å². The maximum Gasteiger partial charge on any atom is 0.418 e. The molecule has 1 atom stereocenters. The highest BCUT2D eigenvalue weighted by Crippen LogP contribution is 2.36. The van der Waals surface area contributed by atoms with E-state index in [1.807, 2.05) is 0 Å². The van der Waals surface area contributed by atoms with Gasteiger partial charge in [-0.25, -0.2) is 18.2 Å². The van der Waals surface area contributed by atoms with Crippen molar-refractivity contribution in [3.63, 3.8) is 0 Å². The van der Waals surface area contributed by atoms with Gasteiger partial charge in [0.1, 0.15) is 4.90 Å². The fourth-order valence-corrected chi connectivity index (χ4v) is 4.77. The smallest absolute Gasteiger partial charge is 0.369 e. The zero-order valence-corrected chi connectivity index (χ0v) is 19.7. The summed E-state index contributed by atoms with van der Waals surface area (Å²) >= 11 is 6.22. The number of carbonyl (C=O) groups excluding carboxylic acids is 1. The molecule has 0 saturated carbocycles. The monoisotopic (exact) mass is 535 g/mol. The summed E-state index contributed by atoms with van der Waals surface area (Å²) in [4.78, 5) is 15.7. The lowest BCUT2D eigenvalue weighted by Gasteiger charge is -2.18. The molecule has 4 N–H and O–H groups in total. The normalized spacial score (nSPS) is 12.9. The van der Waals surface area contributed by atoms with Crippen molar-refractivity contribution in [2.24, 2.45) is 10.9 Å². The zero-order valence-electron chi connectivity index (χ0n) is 18.1. The molecule has 0 bridgehead atoms. The van der Waals surface area contributed by atoms with Crippen LogP contribution in [0.2, 0.25) is 5.02 Å². The zero-order chi connectivity index (χ0) is 26.3. The van der Waals surface area contributed by atoms with Crippen LogP contribution in [0.15, 0.2) is 78.1 Å². The Kier molecular flexibility index (Phi) is 6.60. The van der Waals surface area contributed by atoms with Gasteiger partial charge in [-0.05, 0) is 41.5 Å². The van der Waals surface area contributed by atoms with E-state index in [9.17, 15) is 26.4 Å². The fraction of sp³-hybridized carbons (Fsp3) is 0.0870. The lowest BCUT2D eigenvalue weighted by molar-refractivity contribution is -0.137. The third-order valence-corrected chi connectivity index (χ3v) is 6.62. The van der Waals surface area contributed by atoms with Gasteiger partial charge < -0.3 is 5.73 Å². The molecule has 2 heterocycles. The largest absolute Gasteiger partial charge is 0.418 e. The number of alkyl halides is 3. The van der Waals surface area contributed by atoms with Crippen molar-refractivity contribution >= 4 is 27.5 Å². The van der Waals surface area contributed by atoms with E-state index in [-0.39, 0.29) is 27.5 Å². The van der Waals surface area contributed by atoms with Crippen LogP contribution in [0, 0.1) is 0 Å². The summed E-state index contributed by atoms with van der Waals surface area (Å²) in [6.45, 7) is 0. The van der Waals surface area contributed by atoms with Crippen molar-refractivity contribution in [1.29, 1.82) is 0 Å². The molecule has 0 fully saturated rings. The first-order valence-electron chi connectivity index (χ1n) is 10.2. The number of hydrogen-bond donors (Lipinski definition) is 2. The summed E-state index contributed by atoms with van der Waals surface area (Å²) < 4.78 is 66.3. The summed E-state index contributed by atoms with van der Waals surface area (Å²) in [5.74, 6) is -1.88. The fourth-order valence-electron chi connectivity index (χ4n) is 3.77. The van der Waals surface area contributed by atoms with Crippen molar-refractivity contribution in [3.8, 4) is 16.9 Å². The number of nitrogens with zero attached hydrogens (tertiary/aromatic N) is 3. The minimum atomic E-state index is -4.67. The second-order valence-corrected chi connectivity index (χ2v) is 9.64. The highest BCUT2D eigenvalue weighted by atomic mass is 35.5. The lowest BCUT2D eigenvalue weighted by atomic mass is 9.90. The molecule has 36 heavy (non-hydrogen) atoms. The van der Waals surface area contributed by atoms with E-state index in [4.69, 9.17) is 22.5 Å². The van der Waals surface area contributed by atoms with Crippen LogP contribution in [-0.2, 0) is 21.0 Å². The number of sulfonamides is 1. The van der Waals surface area contributed by atoms with E-state index >= 15 is 0 Å². The number of benzene rings is 2. The molecule has 0 saturated heterocycles. The first-order valence-corrected chi connectivity index (χ1v) is 12.1. The molecule has 8 nitrogen and oxygen atoms in total. The SMILES string of the molecule is NC(=O)C(c1ccc(-n2cc(-c3ncccc3C(F)(F)F)cn2)c(S(N)(=O)=O)c1)c1ccccc1Cl. The topological polar surface area (TPSA) is 134 Å². The number of rotatable bonds is 6. The summed E-state index contributed by atoms with van der Waals surface area (Å²) in [5.41, 5.74) is 4.74. The van der Waals surface area contributed by atoms with Crippen LogP contribution < -0.4 is 10.9 Å². The average Bonchev–Trinajstić information content (AvgIpc) is 3.29. The number of hydrogen-bond acceptors (Lipinski definition) is 5. The van der Waals surface area contributed by atoms with Crippen molar-refractivity contribution in [3.05, 3.63) is 94.9 Å². The Bertz CT molecular complexity index is 1570. The van der Waals surface area contributed by atoms with Crippen molar-refractivity contribution in [2.45, 2.75) is 17.0 Å². The van der Waals surface area contributed by atoms with Gasteiger partial charge in [0, 0.05) is 23.0 Å². The molecular formula is C23H17ClF3N5O3S. The van der Waals surface area contributed by atoms with Gasteiger partial charge in [0.05, 0.1) is 29.1 Å². The molecule has 1 unspecified atom stereocenters. The second-order valence-electron chi connectivity index (χ2n) is 7.70. The van der Waals surface area contributed by atoms with E-state index in [2.05, 4.69) is 10.1 Å². The van der Waals surface area contributed by atoms with Crippen LogP contribution in [0.25, 0.3) is 16.9 Å². The van der Waals surface area contributed by atoms with Gasteiger partial charge in [-0.15, -0.1) is 0 Å². The second kappa shape index (κ2) is 9.37. The van der Waals surface area contributed by atoms with E-state index in [1.54, 1.807) is 24.3 Å². The molecule has 2 aromatic carbocycles. The predicted octanol–water partition coefficient (Wildman–Crippen LogP) is 3.87. The molecule has 0 aliphatic heterocycles. The first-order chi connectivity index (χ1) is 16.9. The summed E-state index contributed by atoms with van der Waals surface area (Å²) in [6, 6.07) is 12.4. The third kappa shape index (κ3) is 4.96. The van der Waals surface area contributed by atoms with E-state index in [0.717, 1.165) is 29.1 Å². The number of aromatic nitrogens is 3. The number of primary sulfonamides is 1. The molecule has 186 valence electrons. The summed E-state index contributed by atoms with van der Waals surface area (Å²) in [7, 11) is -4.38. The van der Waals surface area contributed by atoms with Crippen LogP contribution in [0.5, 0.6) is 0 Å². The van der Waals surface area contributed by atoms with Gasteiger partial charge in [-0.2, -0.15) is 18.3 Å². The standard InChI is InChI=1S/C23H17ClF3N5O3S/c24-17-6-2-1-4-15(17)20(22(28)33)13-7-8-18(19(10-13)36(29,34)35)32-12-14(11-31-32)21-16(23(25,26)27)5-3-9-30-21/h1-12,20H,(H2,28,33)(H2,29,34,35). The van der Waals surface area contributed by atoms with Crippen LogP contribution in [0.4, 0.5) is 13.2 Å². The van der Waals surface area contributed by atoms with Gasteiger partial charge in [0.15, 0.2) is 0 Å². The van der Waals surface area contributed by atoms with Gasteiger partial charge in [0.25, 0.3) is 0 Å². The molecule has 0 radical (unpaired) electrons. The number of pyridine rings is 1. The number of halogens is 4. The highest BCUT2D eigenvalue weighted by molar-refractivity contribution is 7.89. The average molecular weight is 536 g/mol. The third-order valence-electron chi connectivity index (χ3n) is 5.34. The number of amides is 1. The van der Waals surface area contributed by atoms with E-state index < -0.39 is 38.5 Å². The Hall–Kier alpha value is -3.74. The van der Waals surface area contributed by atoms with Crippen molar-refractivity contribution in [1.82, 2.24) is 14.8 Å². The van der Waals surface area contributed by atoms with Crippen LogP contribution in [0.1, 0.15) is 22.6 Å². The minimum absolute atomic E-state index is 0.00143. The van der Waals surface area contributed by atoms with Gasteiger partial charge in [-0.1, -0.05) is 35.9 Å². The molecule has 0 aliphatic carbocycles. The Morgan fingerprint density at radius 1 is 1.08 bits per heavy atom. The van der Waals surface area contributed by atoms with E-state index in [0.29, 0.717) is 5.56 Å². The Morgan fingerprint density at radius 3 is 2.44 bits per heavy atom. The molecule has 0 spiro atoms. The van der Waals surface area contributed by atoms with Gasteiger partial charge in [0.2, 0.25) is 15.9 Å². The Morgan fingerprint density at radius 2 is 1.81 bits per heavy atom. The quantitative estimate of drug-likeness (QED) is 0.386. The molecule has 4 rings (SSSR count). The van der Waals surface area contributed by atoms with Gasteiger partial charge in [-0.3, -0.25) is 9.78 Å². The van der Waals surface area contributed by atoms with E-state index in [1.165, 1.54) is 24.5 Å². The summed E-state index contributed by atoms with van der Waals surface area (Å²) in [6.07, 6.45) is -1.15. The predicted molar refractivity (Wildman–Crippen MR) is 126 cm³/mol. The number of carbonyl (C=O) groups is 1. The number of primary amides is 1. The molecule has 13 heteroatoms. The molecule has 2 aromatic heterocycles. The van der Waals surface area contributed by atoms with Crippen LogP contribution in [-0.4, -0.2) is 29.1 Å². The summed E-state index contributed by atoms with van der Waals surface area (Å²) in [5, 5.41) is 9.70. The number of nitrogens with two attached hydrogens (primary N) is 2. The van der Waals surface area contributed by atoms with Crippen LogP contribution in [0.3, 0.4) is 0 Å². The Labute approximate surface area is 208 Å². The van der Waals surface area contributed by atoms with Crippen molar-refractivity contribution in [2.75, 3.05) is 0 Å². The molecule has 0 aliphatic rings. The minimum Gasteiger partial charge on any atom is -0.369 e. The lowest BCUT2D eigenvalue weighted by Crippen LogP contribution is -2.24. The highest BCUT2D eigenvalue weighted by Gasteiger charge is 2.34. The maximum atomic E-state index is 13.4. The van der Waals surface area contributed by atoms with Crippen LogP contribution >= 0.6 is 11.6 Å². The Balaban J connectivity index is 1.85. The molecular weight excluding hydrogens is 519 g/mol. The molecule has 4 aromatic rings. The maximum absolute atomic E-state index is 13.4. The molecule has 1 amide bonds. The first kappa shape index (κ1) is 25.4.